The van der Waals surface area contributed by atoms with E-state index in [4.69, 9.17) is 23.2 Å². The minimum Gasteiger partial charge on any atom is -0.293 e. The molecule has 0 aliphatic carbocycles. The Balaban J connectivity index is 3.23. The zero-order valence-electron chi connectivity index (χ0n) is 6.90. The Labute approximate surface area is 95.2 Å². The van der Waals surface area contributed by atoms with Crippen molar-refractivity contribution < 1.29 is 4.79 Å². The number of Topliss-reactive ketones (excluding diaryl/α,β-unsaturated/α-hetero) is 1. The predicted molar refractivity (Wildman–Crippen MR) is 58.9 cm³/mol. The van der Waals surface area contributed by atoms with Crippen molar-refractivity contribution in [3.8, 4) is 0 Å². The van der Waals surface area contributed by atoms with Crippen molar-refractivity contribution in [2.24, 2.45) is 0 Å². The summed E-state index contributed by atoms with van der Waals surface area (Å²) in [7, 11) is 0. The fraction of sp³-hybridized carbons (Fsp3) is 0.222. The van der Waals surface area contributed by atoms with Crippen LogP contribution in [0, 0.1) is 6.92 Å². The molecule has 0 fully saturated rings. The van der Waals surface area contributed by atoms with Crippen LogP contribution in [0.2, 0.25) is 5.02 Å². The highest BCUT2D eigenvalue weighted by molar-refractivity contribution is 9.10. The molecule has 0 heterocycles. The number of carbonyl (C=O) groups is 1. The molecule has 70 valence electrons. The van der Waals surface area contributed by atoms with Crippen molar-refractivity contribution in [2.75, 3.05) is 5.88 Å². The second-order valence-corrected chi connectivity index (χ2v) is 4.17. The SMILES string of the molecule is Cc1cc(C(=O)CCl)c(Cl)cc1Br. The minimum atomic E-state index is -0.151. The van der Waals surface area contributed by atoms with E-state index < -0.39 is 0 Å². The molecule has 0 aromatic heterocycles. The number of ketones is 1. The minimum absolute atomic E-state index is 0.0409. The first-order chi connectivity index (χ1) is 6.06. The number of halogens is 3. The summed E-state index contributed by atoms with van der Waals surface area (Å²) in [5.41, 5.74) is 1.45. The highest BCUT2D eigenvalue weighted by Gasteiger charge is 2.10. The van der Waals surface area contributed by atoms with E-state index in [1.165, 1.54) is 0 Å². The van der Waals surface area contributed by atoms with Crippen LogP contribution in [0.25, 0.3) is 0 Å². The molecule has 1 aromatic carbocycles. The lowest BCUT2D eigenvalue weighted by molar-refractivity contribution is 0.102. The summed E-state index contributed by atoms with van der Waals surface area (Å²) in [6.07, 6.45) is 0. The van der Waals surface area contributed by atoms with Crippen molar-refractivity contribution in [1.82, 2.24) is 0 Å². The highest BCUT2D eigenvalue weighted by Crippen LogP contribution is 2.25. The fourth-order valence-corrected chi connectivity index (χ4v) is 1.83. The lowest BCUT2D eigenvalue weighted by Crippen LogP contribution is -2.01. The fourth-order valence-electron chi connectivity index (χ4n) is 0.943. The maximum absolute atomic E-state index is 11.3. The van der Waals surface area contributed by atoms with Gasteiger partial charge >= 0.3 is 0 Å². The third-order valence-electron chi connectivity index (χ3n) is 1.67. The number of benzene rings is 1. The highest BCUT2D eigenvalue weighted by atomic mass is 79.9. The third kappa shape index (κ3) is 2.46. The first kappa shape index (κ1) is 11.0. The molecule has 0 aliphatic rings. The number of alkyl halides is 1. The van der Waals surface area contributed by atoms with Crippen LogP contribution in [0.3, 0.4) is 0 Å². The van der Waals surface area contributed by atoms with E-state index in [2.05, 4.69) is 15.9 Å². The van der Waals surface area contributed by atoms with Crippen molar-refractivity contribution >= 4 is 44.9 Å². The number of aryl methyl sites for hydroxylation is 1. The van der Waals surface area contributed by atoms with Crippen molar-refractivity contribution in [3.05, 3.63) is 32.8 Å². The molecule has 0 atom stereocenters. The monoisotopic (exact) mass is 280 g/mol. The van der Waals surface area contributed by atoms with Gasteiger partial charge in [0.25, 0.3) is 0 Å². The molecule has 0 aliphatic heterocycles. The van der Waals surface area contributed by atoms with Gasteiger partial charge in [0, 0.05) is 10.0 Å². The first-order valence-corrected chi connectivity index (χ1v) is 5.31. The van der Waals surface area contributed by atoms with Crippen molar-refractivity contribution in [1.29, 1.82) is 0 Å². The standard InChI is InChI=1S/C9H7BrCl2O/c1-5-2-6(9(13)4-11)8(12)3-7(5)10/h2-3H,4H2,1H3. The molecule has 4 heteroatoms. The summed E-state index contributed by atoms with van der Waals surface area (Å²) in [5.74, 6) is -0.192. The van der Waals surface area contributed by atoms with E-state index in [0.29, 0.717) is 10.6 Å². The van der Waals surface area contributed by atoms with E-state index in [0.717, 1.165) is 10.0 Å². The van der Waals surface area contributed by atoms with Gasteiger partial charge in [0.1, 0.15) is 0 Å². The number of carbonyl (C=O) groups excluding carboxylic acids is 1. The summed E-state index contributed by atoms with van der Waals surface area (Å²) < 4.78 is 0.892. The van der Waals surface area contributed by atoms with Gasteiger partial charge < -0.3 is 0 Å². The average Bonchev–Trinajstić information content (AvgIpc) is 2.10. The smallest absolute Gasteiger partial charge is 0.179 e. The topological polar surface area (TPSA) is 17.1 Å². The summed E-state index contributed by atoms with van der Waals surface area (Å²) >= 11 is 14.6. The normalized spacial score (nSPS) is 10.2. The van der Waals surface area contributed by atoms with Crippen LogP contribution in [0.1, 0.15) is 15.9 Å². The van der Waals surface area contributed by atoms with Gasteiger partial charge in [0.15, 0.2) is 5.78 Å². The maximum Gasteiger partial charge on any atom is 0.179 e. The largest absolute Gasteiger partial charge is 0.293 e. The lowest BCUT2D eigenvalue weighted by atomic mass is 10.1. The van der Waals surface area contributed by atoms with Gasteiger partial charge in [0.05, 0.1) is 10.9 Å². The van der Waals surface area contributed by atoms with Crippen molar-refractivity contribution in [3.63, 3.8) is 0 Å². The first-order valence-electron chi connectivity index (χ1n) is 3.61. The van der Waals surface area contributed by atoms with Crippen LogP contribution in [-0.4, -0.2) is 11.7 Å². The van der Waals surface area contributed by atoms with Gasteiger partial charge in [-0.2, -0.15) is 0 Å². The maximum atomic E-state index is 11.3. The second-order valence-electron chi connectivity index (χ2n) is 2.64. The Kier molecular flexibility index (Phi) is 3.77. The third-order valence-corrected chi connectivity index (χ3v) is 3.08. The number of hydrogen-bond donors (Lipinski definition) is 0. The quantitative estimate of drug-likeness (QED) is 0.595. The predicted octanol–water partition coefficient (Wildman–Crippen LogP) is 3.83. The van der Waals surface area contributed by atoms with Crippen LogP contribution >= 0.6 is 39.1 Å². The van der Waals surface area contributed by atoms with Crippen molar-refractivity contribution in [2.45, 2.75) is 6.92 Å². The molecule has 0 amide bonds. The molecule has 0 spiro atoms. The summed E-state index contributed by atoms with van der Waals surface area (Å²) in [6.45, 7) is 1.89. The molecular weight excluding hydrogens is 275 g/mol. The lowest BCUT2D eigenvalue weighted by Gasteiger charge is -2.04. The Morgan fingerprint density at radius 2 is 2.15 bits per heavy atom. The zero-order valence-corrected chi connectivity index (χ0v) is 10.0. The van der Waals surface area contributed by atoms with E-state index >= 15 is 0 Å². The molecule has 13 heavy (non-hydrogen) atoms. The molecular formula is C9H7BrCl2O. The Hall–Kier alpha value is -0.0500. The van der Waals surface area contributed by atoms with E-state index in [1.54, 1.807) is 12.1 Å². The number of hydrogen-bond acceptors (Lipinski definition) is 1. The van der Waals surface area contributed by atoms with Gasteiger partial charge in [-0.25, -0.2) is 0 Å². The van der Waals surface area contributed by atoms with Crippen LogP contribution in [0.15, 0.2) is 16.6 Å². The van der Waals surface area contributed by atoms with Gasteiger partial charge in [-0.3, -0.25) is 4.79 Å². The van der Waals surface area contributed by atoms with Crippen LogP contribution in [0.4, 0.5) is 0 Å². The van der Waals surface area contributed by atoms with E-state index in [1.807, 2.05) is 6.92 Å². The molecule has 1 aromatic rings. The summed E-state index contributed by atoms with van der Waals surface area (Å²) in [6, 6.07) is 3.44. The zero-order chi connectivity index (χ0) is 10.0. The van der Waals surface area contributed by atoms with Crippen LogP contribution < -0.4 is 0 Å². The molecule has 1 rings (SSSR count). The van der Waals surface area contributed by atoms with Gasteiger partial charge in [-0.05, 0) is 24.6 Å². The molecule has 0 saturated heterocycles. The molecule has 0 radical (unpaired) electrons. The Morgan fingerprint density at radius 3 is 2.69 bits per heavy atom. The average molecular weight is 282 g/mol. The number of rotatable bonds is 2. The van der Waals surface area contributed by atoms with Gasteiger partial charge in [-0.1, -0.05) is 27.5 Å². The summed E-state index contributed by atoms with van der Waals surface area (Å²) in [5, 5.41) is 0.433. The molecule has 0 N–H and O–H groups in total. The molecule has 0 unspecified atom stereocenters. The van der Waals surface area contributed by atoms with E-state index in [9.17, 15) is 4.79 Å². The molecule has 0 bridgehead atoms. The Bertz CT molecular complexity index is 350. The van der Waals surface area contributed by atoms with Gasteiger partial charge in [0.2, 0.25) is 0 Å². The summed E-state index contributed by atoms with van der Waals surface area (Å²) in [4.78, 5) is 11.3. The van der Waals surface area contributed by atoms with Crippen LogP contribution in [0.5, 0.6) is 0 Å². The van der Waals surface area contributed by atoms with Gasteiger partial charge in [-0.15, -0.1) is 11.6 Å². The molecule has 1 nitrogen and oxygen atoms in total. The second kappa shape index (κ2) is 4.45. The molecule has 0 saturated carbocycles. The van der Waals surface area contributed by atoms with Crippen LogP contribution in [-0.2, 0) is 0 Å². The van der Waals surface area contributed by atoms with E-state index in [-0.39, 0.29) is 11.7 Å². The Morgan fingerprint density at radius 1 is 1.54 bits per heavy atom.